The molecule has 3 rings (SSSR count). The van der Waals surface area contributed by atoms with Crippen molar-refractivity contribution in [3.05, 3.63) is 65.7 Å². The van der Waals surface area contributed by atoms with Gasteiger partial charge in [0.25, 0.3) is 0 Å². The number of carbonyl (C=O) groups is 2. The van der Waals surface area contributed by atoms with Crippen LogP contribution in [0.5, 0.6) is 0 Å². The molecule has 2 N–H and O–H groups in total. The highest BCUT2D eigenvalue weighted by molar-refractivity contribution is 5.96. The molecule has 0 aliphatic carbocycles. The minimum absolute atomic E-state index is 0. The molecule has 1 aliphatic heterocycles. The van der Waals surface area contributed by atoms with E-state index in [9.17, 15) is 9.59 Å². The number of rotatable bonds is 4. The normalized spacial score (nSPS) is 18.8. The van der Waals surface area contributed by atoms with Gasteiger partial charge in [0.05, 0.1) is 11.6 Å². The lowest BCUT2D eigenvalue weighted by Gasteiger charge is -2.20. The Labute approximate surface area is 172 Å². The first kappa shape index (κ1) is 21.9. The molecule has 2 aromatic rings. The second-order valence-corrected chi connectivity index (χ2v) is 7.81. The zero-order chi connectivity index (χ0) is 19.4. The molecule has 1 saturated heterocycles. The first-order chi connectivity index (χ1) is 12.8. The van der Waals surface area contributed by atoms with E-state index in [0.717, 1.165) is 13.0 Å². The quantitative estimate of drug-likeness (QED) is 0.754. The maximum absolute atomic E-state index is 12.7. The van der Waals surface area contributed by atoms with E-state index in [0.29, 0.717) is 11.3 Å². The van der Waals surface area contributed by atoms with Gasteiger partial charge in [0.1, 0.15) is 5.60 Å². The minimum atomic E-state index is -0.537. The Bertz CT molecular complexity index is 801. The number of hydrogen-bond acceptors (Lipinski definition) is 4. The highest BCUT2D eigenvalue weighted by Gasteiger charge is 2.33. The van der Waals surface area contributed by atoms with Crippen LogP contribution >= 0.6 is 12.4 Å². The fourth-order valence-electron chi connectivity index (χ4n) is 3.28. The molecule has 28 heavy (non-hydrogen) atoms. The van der Waals surface area contributed by atoms with Crippen LogP contribution in [0.2, 0.25) is 0 Å². The molecule has 5 nitrogen and oxygen atoms in total. The van der Waals surface area contributed by atoms with Crippen molar-refractivity contribution in [1.29, 1.82) is 0 Å². The van der Waals surface area contributed by atoms with Crippen molar-refractivity contribution >= 4 is 30.0 Å². The molecule has 0 saturated carbocycles. The lowest BCUT2D eigenvalue weighted by molar-refractivity contribution is -0.118. The zero-order valence-electron chi connectivity index (χ0n) is 16.4. The van der Waals surface area contributed by atoms with Gasteiger partial charge in [-0.3, -0.25) is 4.79 Å². The van der Waals surface area contributed by atoms with E-state index >= 15 is 0 Å². The topological polar surface area (TPSA) is 67.4 Å². The summed E-state index contributed by atoms with van der Waals surface area (Å²) in [5.41, 5.74) is 1.75. The molecule has 2 atom stereocenters. The van der Waals surface area contributed by atoms with E-state index < -0.39 is 5.60 Å². The lowest BCUT2D eigenvalue weighted by Crippen LogP contribution is -2.39. The lowest BCUT2D eigenvalue weighted by atomic mass is 9.91. The van der Waals surface area contributed by atoms with Crippen molar-refractivity contribution < 1.29 is 14.3 Å². The summed E-state index contributed by atoms with van der Waals surface area (Å²) in [6.45, 7) is 6.31. The molecule has 150 valence electrons. The van der Waals surface area contributed by atoms with Gasteiger partial charge in [0.15, 0.2) is 0 Å². The van der Waals surface area contributed by atoms with Crippen LogP contribution in [-0.2, 0) is 9.53 Å². The standard InChI is InChI=1S/C22H26N2O3.ClH/c1-22(2,3)27-21(26)16-9-11-17(12-10-16)24-20(25)19-18(13-14-23-19)15-7-5-4-6-8-15;/h4-12,18-19,23H,13-14H2,1-3H3,(H,24,25);1H/t18-,19+;/m0./s1. The van der Waals surface area contributed by atoms with Gasteiger partial charge >= 0.3 is 5.97 Å². The van der Waals surface area contributed by atoms with Crippen LogP contribution in [-0.4, -0.2) is 30.1 Å². The molecular weight excluding hydrogens is 376 g/mol. The SMILES string of the molecule is CC(C)(C)OC(=O)c1ccc(NC(=O)[C@@H]2NCC[C@H]2c2ccccc2)cc1.Cl. The molecule has 6 heteroatoms. The maximum atomic E-state index is 12.7. The van der Waals surface area contributed by atoms with Crippen molar-refractivity contribution in [2.24, 2.45) is 0 Å². The number of carbonyl (C=O) groups excluding carboxylic acids is 2. The Morgan fingerprint density at radius 2 is 1.68 bits per heavy atom. The molecule has 2 aromatic carbocycles. The van der Waals surface area contributed by atoms with E-state index in [-0.39, 0.29) is 36.2 Å². The maximum Gasteiger partial charge on any atom is 0.338 e. The second kappa shape index (κ2) is 9.22. The summed E-state index contributed by atoms with van der Waals surface area (Å²) in [5, 5.41) is 6.24. The third-order valence-electron chi connectivity index (χ3n) is 4.52. The Morgan fingerprint density at radius 3 is 2.29 bits per heavy atom. The largest absolute Gasteiger partial charge is 0.456 e. The van der Waals surface area contributed by atoms with Crippen LogP contribution in [0.3, 0.4) is 0 Å². The van der Waals surface area contributed by atoms with Gasteiger partial charge < -0.3 is 15.4 Å². The predicted molar refractivity (Wildman–Crippen MR) is 113 cm³/mol. The van der Waals surface area contributed by atoms with E-state index in [4.69, 9.17) is 4.74 Å². The average Bonchev–Trinajstić information content (AvgIpc) is 3.11. The Hall–Kier alpha value is -2.37. The van der Waals surface area contributed by atoms with Crippen molar-refractivity contribution in [2.75, 3.05) is 11.9 Å². The molecule has 0 unspecified atom stereocenters. The fourth-order valence-corrected chi connectivity index (χ4v) is 3.28. The summed E-state index contributed by atoms with van der Waals surface area (Å²) in [6, 6.07) is 16.6. The first-order valence-electron chi connectivity index (χ1n) is 9.26. The van der Waals surface area contributed by atoms with Gasteiger partial charge in [-0.15, -0.1) is 12.4 Å². The number of esters is 1. The third kappa shape index (κ3) is 5.57. The molecule has 1 aliphatic rings. The summed E-state index contributed by atoms with van der Waals surface area (Å²) in [4.78, 5) is 24.8. The van der Waals surface area contributed by atoms with Crippen molar-refractivity contribution in [1.82, 2.24) is 5.32 Å². The van der Waals surface area contributed by atoms with E-state index in [2.05, 4.69) is 22.8 Å². The minimum Gasteiger partial charge on any atom is -0.456 e. The molecular formula is C22H27ClN2O3. The average molecular weight is 403 g/mol. The summed E-state index contributed by atoms with van der Waals surface area (Å²) in [6.07, 6.45) is 0.930. The van der Waals surface area contributed by atoms with Crippen molar-refractivity contribution in [3.8, 4) is 0 Å². The van der Waals surface area contributed by atoms with Crippen LogP contribution in [0.15, 0.2) is 54.6 Å². The number of hydrogen-bond donors (Lipinski definition) is 2. The Morgan fingerprint density at radius 1 is 1.04 bits per heavy atom. The van der Waals surface area contributed by atoms with E-state index in [1.807, 2.05) is 39.0 Å². The van der Waals surface area contributed by atoms with Gasteiger partial charge in [0, 0.05) is 11.6 Å². The van der Waals surface area contributed by atoms with Gasteiger partial charge in [-0.1, -0.05) is 30.3 Å². The Balaban J connectivity index is 0.00000280. The van der Waals surface area contributed by atoms with Gasteiger partial charge in [-0.2, -0.15) is 0 Å². The van der Waals surface area contributed by atoms with Gasteiger partial charge in [0.2, 0.25) is 5.91 Å². The van der Waals surface area contributed by atoms with Crippen LogP contribution in [0.4, 0.5) is 5.69 Å². The summed E-state index contributed by atoms with van der Waals surface area (Å²) in [5.74, 6) is -0.277. The highest BCUT2D eigenvalue weighted by Crippen LogP contribution is 2.28. The molecule has 0 radical (unpaired) electrons. The van der Waals surface area contributed by atoms with E-state index in [1.165, 1.54) is 5.56 Å². The smallest absolute Gasteiger partial charge is 0.338 e. The summed E-state index contributed by atoms with van der Waals surface area (Å²) >= 11 is 0. The first-order valence-corrected chi connectivity index (χ1v) is 9.26. The predicted octanol–water partition coefficient (Wildman–Crippen LogP) is 4.15. The highest BCUT2D eigenvalue weighted by atomic mass is 35.5. The number of ether oxygens (including phenoxy) is 1. The van der Waals surface area contributed by atoms with Crippen LogP contribution in [0.25, 0.3) is 0 Å². The number of anilines is 1. The Kier molecular flexibility index (Phi) is 7.22. The van der Waals surface area contributed by atoms with Gasteiger partial charge in [-0.25, -0.2) is 4.79 Å². The van der Waals surface area contributed by atoms with Crippen LogP contribution in [0, 0.1) is 0 Å². The van der Waals surface area contributed by atoms with Crippen molar-refractivity contribution in [3.63, 3.8) is 0 Å². The third-order valence-corrected chi connectivity index (χ3v) is 4.52. The monoisotopic (exact) mass is 402 g/mol. The summed E-state index contributed by atoms with van der Waals surface area (Å²) < 4.78 is 5.35. The zero-order valence-corrected chi connectivity index (χ0v) is 17.2. The van der Waals surface area contributed by atoms with Crippen LogP contribution in [0.1, 0.15) is 49.0 Å². The molecule has 1 fully saturated rings. The van der Waals surface area contributed by atoms with Crippen LogP contribution < -0.4 is 10.6 Å². The molecule has 1 amide bonds. The van der Waals surface area contributed by atoms with Gasteiger partial charge in [-0.05, 0) is 63.6 Å². The van der Waals surface area contributed by atoms with Crippen molar-refractivity contribution in [2.45, 2.75) is 44.8 Å². The summed E-state index contributed by atoms with van der Waals surface area (Å²) in [7, 11) is 0. The molecule has 1 heterocycles. The fraction of sp³-hybridized carbons (Fsp3) is 0.364. The van der Waals surface area contributed by atoms with E-state index in [1.54, 1.807) is 24.3 Å². The molecule has 0 aromatic heterocycles. The number of halogens is 1. The molecule has 0 spiro atoms. The number of nitrogens with one attached hydrogen (secondary N) is 2. The number of amides is 1. The molecule has 0 bridgehead atoms. The number of benzene rings is 2. The second-order valence-electron chi connectivity index (χ2n) is 7.81.